The molecule has 1 aliphatic carbocycles. The molecule has 1 aliphatic rings. The molecule has 0 heterocycles. The van der Waals surface area contributed by atoms with Gasteiger partial charge in [-0.25, -0.2) is 0 Å². The minimum absolute atomic E-state index is 0.334. The quantitative estimate of drug-likeness (QED) is 0.354. The van der Waals surface area contributed by atoms with E-state index in [1.165, 1.54) is 22.3 Å². The van der Waals surface area contributed by atoms with Gasteiger partial charge in [0.05, 0.1) is 5.41 Å². The number of aryl methyl sites for hydroxylation is 2. The first-order valence-corrected chi connectivity index (χ1v) is 10.9. The number of benzene rings is 4. The van der Waals surface area contributed by atoms with Crippen molar-refractivity contribution in [1.82, 2.24) is 0 Å². The topological polar surface area (TPSA) is 40.5 Å². The maximum atomic E-state index is 10.4. The van der Waals surface area contributed by atoms with E-state index in [1.54, 1.807) is 0 Å². The van der Waals surface area contributed by atoms with Crippen LogP contribution in [-0.2, 0) is 18.3 Å². The Hall–Kier alpha value is -3.52. The van der Waals surface area contributed by atoms with E-state index < -0.39 is 5.41 Å². The lowest BCUT2D eigenvalue weighted by atomic mass is 9.67. The van der Waals surface area contributed by atoms with E-state index in [0.717, 1.165) is 35.1 Å². The molecule has 0 amide bonds. The molecule has 0 atom stereocenters. The normalized spacial score (nSPS) is 13.6. The van der Waals surface area contributed by atoms with Crippen LogP contribution in [0.4, 0.5) is 0 Å². The summed E-state index contributed by atoms with van der Waals surface area (Å²) >= 11 is 0. The van der Waals surface area contributed by atoms with Gasteiger partial charge in [-0.05, 0) is 69.5 Å². The average molecular weight is 407 g/mol. The van der Waals surface area contributed by atoms with Crippen molar-refractivity contribution in [3.63, 3.8) is 0 Å². The fourth-order valence-electron chi connectivity index (χ4n) is 5.23. The number of phenolic OH excluding ortho intramolecular Hbond substituents is 2. The van der Waals surface area contributed by atoms with Crippen molar-refractivity contribution in [3.8, 4) is 22.6 Å². The molecule has 0 aliphatic heterocycles. The van der Waals surface area contributed by atoms with E-state index in [9.17, 15) is 10.2 Å². The summed E-state index contributed by atoms with van der Waals surface area (Å²) in [6.45, 7) is 4.13. The lowest BCUT2D eigenvalue weighted by molar-refractivity contribution is 0.468. The van der Waals surface area contributed by atoms with Gasteiger partial charge in [0.15, 0.2) is 0 Å². The first kappa shape index (κ1) is 19.4. The van der Waals surface area contributed by atoms with Gasteiger partial charge in [0, 0.05) is 0 Å². The Labute approximate surface area is 183 Å². The number of hydrogen-bond acceptors (Lipinski definition) is 2. The van der Waals surface area contributed by atoms with Gasteiger partial charge in [0.25, 0.3) is 0 Å². The summed E-state index contributed by atoms with van der Waals surface area (Å²) in [5.41, 5.74) is 8.56. The second-order valence-corrected chi connectivity index (χ2v) is 8.24. The summed E-state index contributed by atoms with van der Waals surface area (Å²) in [6.07, 6.45) is 1.52. The van der Waals surface area contributed by atoms with Crippen molar-refractivity contribution >= 4 is 0 Å². The molecule has 0 aromatic heterocycles. The number of phenols is 2. The summed E-state index contributed by atoms with van der Waals surface area (Å²) < 4.78 is 0. The monoisotopic (exact) mass is 406 g/mol. The molecule has 2 nitrogen and oxygen atoms in total. The zero-order valence-corrected chi connectivity index (χ0v) is 17.9. The van der Waals surface area contributed by atoms with E-state index in [2.05, 4.69) is 74.5 Å². The molecule has 154 valence electrons. The first-order valence-electron chi connectivity index (χ1n) is 10.9. The van der Waals surface area contributed by atoms with Crippen molar-refractivity contribution in [1.29, 1.82) is 0 Å². The van der Waals surface area contributed by atoms with Crippen molar-refractivity contribution in [3.05, 3.63) is 118 Å². The molecule has 0 saturated carbocycles. The van der Waals surface area contributed by atoms with Crippen LogP contribution in [0, 0.1) is 0 Å². The third kappa shape index (κ3) is 2.71. The summed E-state index contributed by atoms with van der Waals surface area (Å²) in [5, 5.41) is 20.8. The van der Waals surface area contributed by atoms with Gasteiger partial charge in [-0.15, -0.1) is 0 Å². The van der Waals surface area contributed by atoms with Gasteiger partial charge in [0.1, 0.15) is 11.5 Å². The number of fused-ring (bicyclic) bond motifs is 3. The number of rotatable bonds is 4. The van der Waals surface area contributed by atoms with E-state index in [4.69, 9.17) is 0 Å². The van der Waals surface area contributed by atoms with Crippen LogP contribution in [0.25, 0.3) is 11.1 Å². The largest absolute Gasteiger partial charge is 0.508 e. The summed E-state index contributed by atoms with van der Waals surface area (Å²) in [5.74, 6) is 0.668. The predicted octanol–water partition coefficient (Wildman–Crippen LogP) is 6.59. The van der Waals surface area contributed by atoms with Crippen LogP contribution in [-0.4, -0.2) is 10.2 Å². The fraction of sp³-hybridized carbons (Fsp3) is 0.172. The van der Waals surface area contributed by atoms with Gasteiger partial charge >= 0.3 is 0 Å². The summed E-state index contributed by atoms with van der Waals surface area (Å²) in [6, 6.07) is 29.2. The van der Waals surface area contributed by atoms with Crippen LogP contribution >= 0.6 is 0 Å². The zero-order chi connectivity index (χ0) is 21.6. The van der Waals surface area contributed by atoms with Crippen molar-refractivity contribution in [2.75, 3.05) is 0 Å². The standard InChI is InChI=1S/C29H26O2/c1-3-19-17-21(13-15-27(19)30)29(22-14-16-28(31)20(4-2)18-22)25-11-7-5-9-23(25)24-10-6-8-12-26(24)29/h5-18,30-31H,3-4H2,1-2H3. The zero-order valence-electron chi connectivity index (χ0n) is 17.9. The van der Waals surface area contributed by atoms with Crippen LogP contribution in [0.1, 0.15) is 47.2 Å². The van der Waals surface area contributed by atoms with Crippen molar-refractivity contribution in [2.45, 2.75) is 32.1 Å². The summed E-state index contributed by atoms with van der Waals surface area (Å²) in [7, 11) is 0. The van der Waals surface area contributed by atoms with Crippen molar-refractivity contribution < 1.29 is 10.2 Å². The second-order valence-electron chi connectivity index (χ2n) is 8.24. The lowest BCUT2D eigenvalue weighted by Crippen LogP contribution is -2.29. The first-order chi connectivity index (χ1) is 15.1. The third-order valence-electron chi connectivity index (χ3n) is 6.74. The molecule has 0 spiro atoms. The molecule has 2 heteroatoms. The van der Waals surface area contributed by atoms with E-state index >= 15 is 0 Å². The molecule has 0 bridgehead atoms. The molecule has 4 aromatic carbocycles. The lowest BCUT2D eigenvalue weighted by Gasteiger charge is -2.34. The SMILES string of the molecule is CCc1cc(C2(c3ccc(O)c(CC)c3)c3ccccc3-c3ccccc32)ccc1O. The predicted molar refractivity (Wildman–Crippen MR) is 126 cm³/mol. The van der Waals surface area contributed by atoms with Gasteiger partial charge in [0.2, 0.25) is 0 Å². The molecular weight excluding hydrogens is 380 g/mol. The van der Waals surface area contributed by atoms with Crippen LogP contribution < -0.4 is 0 Å². The molecule has 0 radical (unpaired) electrons. The molecule has 4 aromatic rings. The molecule has 5 rings (SSSR count). The fourth-order valence-corrected chi connectivity index (χ4v) is 5.23. The second kappa shape index (κ2) is 7.31. The summed E-state index contributed by atoms with van der Waals surface area (Å²) in [4.78, 5) is 0. The van der Waals surface area contributed by atoms with Gasteiger partial charge < -0.3 is 10.2 Å². The molecule has 31 heavy (non-hydrogen) atoms. The van der Waals surface area contributed by atoms with Crippen LogP contribution in [0.3, 0.4) is 0 Å². The smallest absolute Gasteiger partial charge is 0.118 e. The number of aromatic hydroxyl groups is 2. The van der Waals surface area contributed by atoms with Crippen molar-refractivity contribution in [2.24, 2.45) is 0 Å². The van der Waals surface area contributed by atoms with E-state index in [-0.39, 0.29) is 0 Å². The molecule has 2 N–H and O–H groups in total. The Morgan fingerprint density at radius 3 is 1.42 bits per heavy atom. The maximum Gasteiger partial charge on any atom is 0.118 e. The van der Waals surface area contributed by atoms with Gasteiger partial charge in [-0.2, -0.15) is 0 Å². The van der Waals surface area contributed by atoms with E-state index in [1.807, 2.05) is 24.3 Å². The highest BCUT2D eigenvalue weighted by atomic mass is 16.3. The molecule has 0 saturated heterocycles. The third-order valence-corrected chi connectivity index (χ3v) is 6.74. The molecule has 0 unspecified atom stereocenters. The minimum Gasteiger partial charge on any atom is -0.508 e. The minimum atomic E-state index is -0.511. The van der Waals surface area contributed by atoms with Gasteiger partial charge in [-0.3, -0.25) is 0 Å². The Morgan fingerprint density at radius 2 is 1.00 bits per heavy atom. The molecular formula is C29H26O2. The molecule has 0 fully saturated rings. The van der Waals surface area contributed by atoms with Crippen LogP contribution in [0.2, 0.25) is 0 Å². The van der Waals surface area contributed by atoms with E-state index in [0.29, 0.717) is 11.5 Å². The Bertz CT molecular complexity index is 1180. The van der Waals surface area contributed by atoms with Crippen LogP contribution in [0.15, 0.2) is 84.9 Å². The highest BCUT2D eigenvalue weighted by Crippen LogP contribution is 2.56. The highest BCUT2D eigenvalue weighted by Gasteiger charge is 2.46. The Balaban J connectivity index is 1.95. The highest BCUT2D eigenvalue weighted by molar-refractivity contribution is 5.86. The average Bonchev–Trinajstić information content (AvgIpc) is 3.11. The Morgan fingerprint density at radius 1 is 0.581 bits per heavy atom. The maximum absolute atomic E-state index is 10.4. The Kier molecular flexibility index (Phi) is 4.59. The van der Waals surface area contributed by atoms with Gasteiger partial charge in [-0.1, -0.05) is 86.6 Å². The van der Waals surface area contributed by atoms with Crippen LogP contribution in [0.5, 0.6) is 11.5 Å². The number of hydrogen-bond donors (Lipinski definition) is 2.